The maximum Gasteiger partial charge on any atom is 0.263 e. The molecule has 1 aliphatic rings. The Morgan fingerprint density at radius 3 is 2.67 bits per heavy atom. The average Bonchev–Trinajstić information content (AvgIpc) is 2.92. The zero-order valence-electron chi connectivity index (χ0n) is 16.7. The van der Waals surface area contributed by atoms with Crippen molar-refractivity contribution in [2.24, 2.45) is 0 Å². The van der Waals surface area contributed by atoms with Gasteiger partial charge in [0.1, 0.15) is 17.4 Å². The molecular weight excluding hydrogens is 338 g/mol. The van der Waals surface area contributed by atoms with E-state index in [1.54, 1.807) is 6.20 Å². The highest BCUT2D eigenvalue weighted by Crippen LogP contribution is 2.26. The van der Waals surface area contributed by atoms with Crippen LogP contribution in [0.5, 0.6) is 5.75 Å². The van der Waals surface area contributed by atoms with Gasteiger partial charge in [0, 0.05) is 17.8 Å². The molecule has 146 valence electrons. The maximum absolute atomic E-state index is 12.6. The van der Waals surface area contributed by atoms with E-state index in [1.165, 1.54) is 25.7 Å². The van der Waals surface area contributed by atoms with Crippen LogP contribution in [0.25, 0.3) is 0 Å². The van der Waals surface area contributed by atoms with Gasteiger partial charge in [-0.3, -0.25) is 4.79 Å². The van der Waals surface area contributed by atoms with Crippen LogP contribution in [0.3, 0.4) is 0 Å². The van der Waals surface area contributed by atoms with Crippen molar-refractivity contribution in [2.75, 3.05) is 6.61 Å². The molecule has 0 saturated heterocycles. The standard InChI is InChI=1S/C22H31N3O2/c1-4-27-21-12-11-16(2)13-20(21)17(3)25-22(26)18(14-23)15-24-19-9-7-5-6-8-10-19/h11-13,15,17,19,24H,4-10H2,1-3H3,(H,25,26)/b18-15-. The summed E-state index contributed by atoms with van der Waals surface area (Å²) in [6.45, 7) is 6.40. The molecule has 1 saturated carbocycles. The minimum Gasteiger partial charge on any atom is -0.494 e. The van der Waals surface area contributed by atoms with Gasteiger partial charge >= 0.3 is 0 Å². The summed E-state index contributed by atoms with van der Waals surface area (Å²) in [5.41, 5.74) is 2.12. The molecule has 1 unspecified atom stereocenters. The lowest BCUT2D eigenvalue weighted by Gasteiger charge is -2.19. The Kier molecular flexibility index (Phi) is 8.19. The highest BCUT2D eigenvalue weighted by Gasteiger charge is 2.18. The number of hydrogen-bond acceptors (Lipinski definition) is 4. The summed E-state index contributed by atoms with van der Waals surface area (Å²) in [6, 6.07) is 8.03. The van der Waals surface area contributed by atoms with Crippen LogP contribution in [0.2, 0.25) is 0 Å². The van der Waals surface area contributed by atoms with Gasteiger partial charge in [0.25, 0.3) is 5.91 Å². The van der Waals surface area contributed by atoms with Gasteiger partial charge in [-0.1, -0.05) is 43.4 Å². The number of hydrogen-bond donors (Lipinski definition) is 2. The second-order valence-corrected chi connectivity index (χ2v) is 7.19. The minimum absolute atomic E-state index is 0.108. The third kappa shape index (κ3) is 6.32. The molecular formula is C22H31N3O2. The topological polar surface area (TPSA) is 74.1 Å². The quantitative estimate of drug-likeness (QED) is 0.427. The molecule has 5 nitrogen and oxygen atoms in total. The molecule has 2 rings (SSSR count). The molecule has 1 aromatic rings. The first-order valence-electron chi connectivity index (χ1n) is 9.95. The summed E-state index contributed by atoms with van der Waals surface area (Å²) in [6.07, 6.45) is 8.70. The van der Waals surface area contributed by atoms with Gasteiger partial charge in [0.2, 0.25) is 0 Å². The summed E-state index contributed by atoms with van der Waals surface area (Å²) < 4.78 is 5.68. The smallest absolute Gasteiger partial charge is 0.263 e. The van der Waals surface area contributed by atoms with Crippen LogP contribution in [0, 0.1) is 18.3 Å². The van der Waals surface area contributed by atoms with Crippen LogP contribution in [0.15, 0.2) is 30.0 Å². The third-order valence-electron chi connectivity index (χ3n) is 4.96. The van der Waals surface area contributed by atoms with E-state index in [0.29, 0.717) is 12.6 Å². The lowest BCUT2D eigenvalue weighted by atomic mass is 10.0. The van der Waals surface area contributed by atoms with E-state index in [-0.39, 0.29) is 17.5 Å². The van der Waals surface area contributed by atoms with Gasteiger partial charge in [0.15, 0.2) is 0 Å². The lowest BCUT2D eigenvalue weighted by Crippen LogP contribution is -2.30. The number of aryl methyl sites for hydroxylation is 1. The van der Waals surface area contributed by atoms with Crippen molar-refractivity contribution in [3.63, 3.8) is 0 Å². The predicted octanol–water partition coefficient (Wildman–Crippen LogP) is 4.29. The molecule has 1 aliphatic carbocycles. The Balaban J connectivity index is 2.04. The van der Waals surface area contributed by atoms with Gasteiger partial charge in [-0.25, -0.2) is 0 Å². The summed E-state index contributed by atoms with van der Waals surface area (Å²) in [4.78, 5) is 12.6. The largest absolute Gasteiger partial charge is 0.494 e. The Labute approximate surface area is 162 Å². The molecule has 0 spiro atoms. The molecule has 5 heteroatoms. The van der Waals surface area contributed by atoms with Crippen molar-refractivity contribution in [1.29, 1.82) is 5.26 Å². The van der Waals surface area contributed by atoms with E-state index in [4.69, 9.17) is 4.74 Å². The number of nitriles is 1. The fraction of sp³-hybridized carbons (Fsp3) is 0.545. The molecule has 1 aromatic carbocycles. The van der Waals surface area contributed by atoms with Crippen LogP contribution in [0.1, 0.15) is 69.5 Å². The number of benzene rings is 1. The van der Waals surface area contributed by atoms with Gasteiger partial charge in [-0.2, -0.15) is 5.26 Å². The van der Waals surface area contributed by atoms with Gasteiger partial charge < -0.3 is 15.4 Å². The molecule has 0 heterocycles. The second kappa shape index (κ2) is 10.6. The summed E-state index contributed by atoms with van der Waals surface area (Å²) in [5.74, 6) is 0.394. The first-order chi connectivity index (χ1) is 13.0. The number of carbonyl (C=O) groups is 1. The molecule has 1 atom stereocenters. The monoisotopic (exact) mass is 369 g/mol. The molecule has 2 N–H and O–H groups in total. The summed E-state index contributed by atoms with van der Waals surface area (Å²) in [7, 11) is 0. The molecule has 0 aliphatic heterocycles. The fourth-order valence-corrected chi connectivity index (χ4v) is 3.44. The Morgan fingerprint density at radius 1 is 1.33 bits per heavy atom. The summed E-state index contributed by atoms with van der Waals surface area (Å²) >= 11 is 0. The summed E-state index contributed by atoms with van der Waals surface area (Å²) in [5, 5.41) is 15.6. The fourth-order valence-electron chi connectivity index (χ4n) is 3.44. The number of ether oxygens (including phenoxy) is 1. The van der Waals surface area contributed by atoms with Crippen LogP contribution < -0.4 is 15.4 Å². The molecule has 0 aromatic heterocycles. The van der Waals surface area contributed by atoms with Crippen molar-refractivity contribution in [1.82, 2.24) is 10.6 Å². The van der Waals surface area contributed by atoms with E-state index in [2.05, 4.69) is 10.6 Å². The van der Waals surface area contributed by atoms with Crippen LogP contribution in [-0.4, -0.2) is 18.6 Å². The molecule has 1 amide bonds. The third-order valence-corrected chi connectivity index (χ3v) is 4.96. The van der Waals surface area contributed by atoms with Crippen LogP contribution in [0.4, 0.5) is 0 Å². The molecule has 27 heavy (non-hydrogen) atoms. The van der Waals surface area contributed by atoms with Crippen LogP contribution in [-0.2, 0) is 4.79 Å². The molecule has 0 radical (unpaired) electrons. The Morgan fingerprint density at radius 2 is 2.04 bits per heavy atom. The van der Waals surface area contributed by atoms with Crippen molar-refractivity contribution >= 4 is 5.91 Å². The lowest BCUT2D eigenvalue weighted by molar-refractivity contribution is -0.117. The number of carbonyl (C=O) groups excluding carboxylic acids is 1. The van der Waals surface area contributed by atoms with E-state index in [0.717, 1.165) is 29.7 Å². The number of amides is 1. The van der Waals surface area contributed by atoms with E-state index >= 15 is 0 Å². The highest BCUT2D eigenvalue weighted by molar-refractivity contribution is 5.97. The van der Waals surface area contributed by atoms with Gasteiger partial charge in [-0.05, 0) is 39.7 Å². The maximum atomic E-state index is 12.6. The molecule has 1 fully saturated rings. The van der Waals surface area contributed by atoms with E-state index < -0.39 is 0 Å². The van der Waals surface area contributed by atoms with Crippen molar-refractivity contribution in [3.05, 3.63) is 41.1 Å². The van der Waals surface area contributed by atoms with Gasteiger partial charge in [0.05, 0.1) is 12.6 Å². The van der Waals surface area contributed by atoms with Crippen molar-refractivity contribution in [2.45, 2.75) is 71.4 Å². The average molecular weight is 370 g/mol. The SMILES string of the molecule is CCOc1ccc(C)cc1C(C)NC(=O)/C(C#N)=C\NC1CCCCCC1. The van der Waals surface area contributed by atoms with Crippen LogP contribution >= 0.6 is 0 Å². The van der Waals surface area contributed by atoms with E-state index in [1.807, 2.05) is 45.0 Å². The first-order valence-corrected chi connectivity index (χ1v) is 9.95. The second-order valence-electron chi connectivity index (χ2n) is 7.19. The van der Waals surface area contributed by atoms with Crippen molar-refractivity contribution < 1.29 is 9.53 Å². The minimum atomic E-state index is -0.366. The normalized spacial score (nSPS) is 16.7. The Bertz CT molecular complexity index is 698. The Hall–Kier alpha value is -2.48. The molecule has 0 bridgehead atoms. The number of rotatable bonds is 7. The first kappa shape index (κ1) is 20.8. The van der Waals surface area contributed by atoms with E-state index in [9.17, 15) is 10.1 Å². The highest BCUT2D eigenvalue weighted by atomic mass is 16.5. The van der Waals surface area contributed by atoms with Gasteiger partial charge in [-0.15, -0.1) is 0 Å². The zero-order valence-corrected chi connectivity index (χ0v) is 16.7. The number of nitrogens with zero attached hydrogens (tertiary/aromatic N) is 1. The zero-order chi connectivity index (χ0) is 19.6. The predicted molar refractivity (Wildman–Crippen MR) is 107 cm³/mol. The van der Waals surface area contributed by atoms with Crippen molar-refractivity contribution in [3.8, 4) is 11.8 Å². The number of nitrogens with one attached hydrogen (secondary N) is 2.